The van der Waals surface area contributed by atoms with Crippen molar-refractivity contribution in [2.45, 2.75) is 32.7 Å². The van der Waals surface area contributed by atoms with Gasteiger partial charge in [0.05, 0.1) is 5.69 Å². The molecule has 1 amide bonds. The van der Waals surface area contributed by atoms with Crippen molar-refractivity contribution in [1.82, 2.24) is 9.88 Å². The highest BCUT2D eigenvalue weighted by Gasteiger charge is 2.26. The van der Waals surface area contributed by atoms with E-state index in [1.54, 1.807) is 18.3 Å². The molecule has 1 heterocycles. The summed E-state index contributed by atoms with van der Waals surface area (Å²) in [4.78, 5) is 18.5. The van der Waals surface area contributed by atoms with E-state index < -0.39 is 0 Å². The number of aromatic nitrogens is 1. The second kappa shape index (κ2) is 7.46. The van der Waals surface area contributed by atoms with Crippen LogP contribution in [0.15, 0.2) is 18.3 Å². The number of amides is 1. The molecule has 0 aromatic carbocycles. The van der Waals surface area contributed by atoms with Gasteiger partial charge in [-0.25, -0.2) is 0 Å². The zero-order chi connectivity index (χ0) is 13.0. The smallest absolute Gasteiger partial charge is 0.253 e. The first-order valence-corrected chi connectivity index (χ1v) is 6.69. The van der Waals surface area contributed by atoms with Gasteiger partial charge in [-0.05, 0) is 37.3 Å². The SMILES string of the molecule is CCCN(CC1CC1)C(=O)c1ccnc(CN)c1.Cl. The zero-order valence-electron chi connectivity index (χ0n) is 11.3. The summed E-state index contributed by atoms with van der Waals surface area (Å²) in [6.45, 7) is 4.20. The highest BCUT2D eigenvalue weighted by atomic mass is 35.5. The topological polar surface area (TPSA) is 59.2 Å². The number of pyridine rings is 1. The molecule has 19 heavy (non-hydrogen) atoms. The van der Waals surface area contributed by atoms with Crippen LogP contribution in [0.3, 0.4) is 0 Å². The van der Waals surface area contributed by atoms with Crippen LogP contribution in [0.5, 0.6) is 0 Å². The Morgan fingerprint density at radius 2 is 2.26 bits per heavy atom. The summed E-state index contributed by atoms with van der Waals surface area (Å²) in [6, 6.07) is 3.58. The third-order valence-electron chi connectivity index (χ3n) is 3.23. The van der Waals surface area contributed by atoms with Gasteiger partial charge in [-0.2, -0.15) is 0 Å². The normalized spacial score (nSPS) is 13.8. The molecule has 1 aromatic rings. The van der Waals surface area contributed by atoms with E-state index in [-0.39, 0.29) is 18.3 Å². The molecule has 0 aliphatic heterocycles. The van der Waals surface area contributed by atoms with Crippen molar-refractivity contribution in [3.63, 3.8) is 0 Å². The molecule has 2 N–H and O–H groups in total. The molecule has 1 aliphatic carbocycles. The van der Waals surface area contributed by atoms with Gasteiger partial charge in [0.1, 0.15) is 0 Å². The predicted molar refractivity (Wildman–Crippen MR) is 78.3 cm³/mol. The van der Waals surface area contributed by atoms with Crippen molar-refractivity contribution in [3.8, 4) is 0 Å². The van der Waals surface area contributed by atoms with E-state index in [0.717, 1.165) is 31.1 Å². The number of nitrogens with zero attached hydrogens (tertiary/aromatic N) is 2. The lowest BCUT2D eigenvalue weighted by Gasteiger charge is -2.22. The highest BCUT2D eigenvalue weighted by Crippen LogP contribution is 2.30. The molecule has 1 saturated carbocycles. The summed E-state index contributed by atoms with van der Waals surface area (Å²) >= 11 is 0. The van der Waals surface area contributed by atoms with Crippen molar-refractivity contribution < 1.29 is 4.79 Å². The van der Waals surface area contributed by atoms with Crippen LogP contribution in [0, 0.1) is 5.92 Å². The summed E-state index contributed by atoms with van der Waals surface area (Å²) in [7, 11) is 0. The summed E-state index contributed by atoms with van der Waals surface area (Å²) in [5.41, 5.74) is 7.03. The average Bonchev–Trinajstić information content (AvgIpc) is 3.21. The predicted octanol–water partition coefficient (Wildman–Crippen LogP) is 2.22. The fourth-order valence-electron chi connectivity index (χ4n) is 2.06. The molecule has 1 aliphatic rings. The molecule has 0 bridgehead atoms. The van der Waals surface area contributed by atoms with Crippen LogP contribution in [0.1, 0.15) is 42.2 Å². The molecular formula is C14H22ClN3O. The molecule has 1 aromatic heterocycles. The Morgan fingerprint density at radius 1 is 1.53 bits per heavy atom. The minimum absolute atomic E-state index is 0. The first-order chi connectivity index (χ1) is 8.74. The maximum absolute atomic E-state index is 12.4. The van der Waals surface area contributed by atoms with E-state index in [9.17, 15) is 4.79 Å². The Balaban J connectivity index is 0.00000180. The third kappa shape index (κ3) is 4.48. The molecule has 5 heteroatoms. The minimum Gasteiger partial charge on any atom is -0.338 e. The molecule has 0 saturated heterocycles. The van der Waals surface area contributed by atoms with E-state index >= 15 is 0 Å². The second-order valence-corrected chi connectivity index (χ2v) is 4.93. The van der Waals surface area contributed by atoms with Crippen LogP contribution in [0.2, 0.25) is 0 Å². The maximum Gasteiger partial charge on any atom is 0.253 e. The lowest BCUT2D eigenvalue weighted by atomic mass is 10.2. The van der Waals surface area contributed by atoms with Gasteiger partial charge >= 0.3 is 0 Å². The molecule has 106 valence electrons. The zero-order valence-corrected chi connectivity index (χ0v) is 12.2. The van der Waals surface area contributed by atoms with E-state index in [4.69, 9.17) is 5.73 Å². The molecule has 0 atom stereocenters. The van der Waals surface area contributed by atoms with Crippen molar-refractivity contribution in [1.29, 1.82) is 0 Å². The van der Waals surface area contributed by atoms with E-state index in [1.807, 2.05) is 4.90 Å². The fourth-order valence-corrected chi connectivity index (χ4v) is 2.06. The van der Waals surface area contributed by atoms with Crippen LogP contribution in [0.4, 0.5) is 0 Å². The number of rotatable bonds is 6. The standard InChI is InChI=1S/C14H21N3O.ClH/c1-2-7-17(10-11-3-4-11)14(18)12-5-6-16-13(8-12)9-15;/h5-6,8,11H,2-4,7,9-10,15H2,1H3;1H. The number of hydrogen-bond acceptors (Lipinski definition) is 3. The molecule has 0 unspecified atom stereocenters. The Bertz CT molecular complexity index is 421. The molecule has 1 fully saturated rings. The Hall–Kier alpha value is -1.13. The fraction of sp³-hybridized carbons (Fsp3) is 0.571. The van der Waals surface area contributed by atoms with Gasteiger partial charge in [0.25, 0.3) is 5.91 Å². The van der Waals surface area contributed by atoms with Gasteiger partial charge in [0.2, 0.25) is 0 Å². The van der Waals surface area contributed by atoms with Crippen molar-refractivity contribution in [3.05, 3.63) is 29.6 Å². The Kier molecular flexibility index (Phi) is 6.25. The lowest BCUT2D eigenvalue weighted by molar-refractivity contribution is 0.0747. The lowest BCUT2D eigenvalue weighted by Crippen LogP contribution is -2.33. The molecular weight excluding hydrogens is 262 g/mol. The number of carbonyl (C=O) groups excluding carboxylic acids is 1. The van der Waals surface area contributed by atoms with E-state index in [2.05, 4.69) is 11.9 Å². The van der Waals surface area contributed by atoms with Crippen molar-refractivity contribution in [2.24, 2.45) is 11.7 Å². The van der Waals surface area contributed by atoms with Gasteiger partial charge in [0, 0.05) is 31.4 Å². The number of carbonyl (C=O) groups is 1. The van der Waals surface area contributed by atoms with E-state index in [0.29, 0.717) is 12.1 Å². The Morgan fingerprint density at radius 3 is 2.84 bits per heavy atom. The van der Waals surface area contributed by atoms with Crippen LogP contribution < -0.4 is 5.73 Å². The first-order valence-electron chi connectivity index (χ1n) is 6.69. The average molecular weight is 284 g/mol. The van der Waals surface area contributed by atoms with Crippen LogP contribution in [-0.4, -0.2) is 28.9 Å². The highest BCUT2D eigenvalue weighted by molar-refractivity contribution is 5.94. The second-order valence-electron chi connectivity index (χ2n) is 4.93. The molecule has 2 rings (SSSR count). The quantitative estimate of drug-likeness (QED) is 0.871. The summed E-state index contributed by atoms with van der Waals surface area (Å²) in [5.74, 6) is 0.831. The summed E-state index contributed by atoms with van der Waals surface area (Å²) in [6.07, 6.45) is 5.18. The van der Waals surface area contributed by atoms with Crippen molar-refractivity contribution >= 4 is 18.3 Å². The minimum atomic E-state index is 0. The maximum atomic E-state index is 12.4. The largest absolute Gasteiger partial charge is 0.338 e. The van der Waals surface area contributed by atoms with Crippen LogP contribution >= 0.6 is 12.4 Å². The summed E-state index contributed by atoms with van der Waals surface area (Å²) < 4.78 is 0. The molecule has 0 radical (unpaired) electrons. The van der Waals surface area contributed by atoms with Crippen LogP contribution in [-0.2, 0) is 6.54 Å². The summed E-state index contributed by atoms with van der Waals surface area (Å²) in [5, 5.41) is 0. The van der Waals surface area contributed by atoms with Gasteiger partial charge in [-0.15, -0.1) is 12.4 Å². The van der Waals surface area contributed by atoms with Gasteiger partial charge < -0.3 is 10.6 Å². The third-order valence-corrected chi connectivity index (χ3v) is 3.23. The number of hydrogen-bond donors (Lipinski definition) is 1. The number of nitrogens with two attached hydrogens (primary N) is 1. The van der Waals surface area contributed by atoms with E-state index in [1.165, 1.54) is 12.8 Å². The monoisotopic (exact) mass is 283 g/mol. The van der Waals surface area contributed by atoms with Gasteiger partial charge in [-0.3, -0.25) is 9.78 Å². The van der Waals surface area contributed by atoms with Crippen molar-refractivity contribution in [2.75, 3.05) is 13.1 Å². The van der Waals surface area contributed by atoms with Gasteiger partial charge in [-0.1, -0.05) is 6.92 Å². The van der Waals surface area contributed by atoms with Gasteiger partial charge in [0.15, 0.2) is 0 Å². The molecule has 0 spiro atoms. The van der Waals surface area contributed by atoms with Crippen LogP contribution in [0.25, 0.3) is 0 Å². The first kappa shape index (κ1) is 15.9. The Labute approximate surface area is 120 Å². The molecule has 4 nitrogen and oxygen atoms in total. The number of halogens is 1.